The van der Waals surface area contributed by atoms with E-state index in [2.05, 4.69) is 14.3 Å². The topological polar surface area (TPSA) is 52.1 Å². The van der Waals surface area contributed by atoms with Crippen LogP contribution in [0.15, 0.2) is 29.6 Å². The Hall–Kier alpha value is -1.75. The lowest BCUT2D eigenvalue weighted by atomic mass is 10.1. The smallest absolute Gasteiger partial charge is 0.293 e. The molecular weight excluding hydrogens is 212 g/mol. The molecule has 4 nitrogen and oxygen atoms in total. The van der Waals surface area contributed by atoms with E-state index in [0.29, 0.717) is 13.1 Å². The van der Waals surface area contributed by atoms with Gasteiger partial charge in [0.25, 0.3) is 6.47 Å². The van der Waals surface area contributed by atoms with E-state index in [1.54, 1.807) is 0 Å². The number of aromatic nitrogens is 2. The van der Waals surface area contributed by atoms with Crippen LogP contribution in [-0.2, 0) is 16.1 Å². The van der Waals surface area contributed by atoms with E-state index in [0.717, 1.165) is 16.8 Å². The van der Waals surface area contributed by atoms with Crippen molar-refractivity contribution >= 4 is 18.0 Å². The molecule has 76 valence electrons. The summed E-state index contributed by atoms with van der Waals surface area (Å²) in [6, 6.07) is 7.66. The van der Waals surface area contributed by atoms with Gasteiger partial charge in [0.15, 0.2) is 0 Å². The van der Waals surface area contributed by atoms with Crippen LogP contribution in [0.5, 0.6) is 0 Å². The molecule has 0 aliphatic rings. The Morgan fingerprint density at radius 2 is 2.13 bits per heavy atom. The van der Waals surface area contributed by atoms with Gasteiger partial charge in [0.1, 0.15) is 12.3 Å². The molecule has 0 amide bonds. The zero-order valence-electron chi connectivity index (χ0n) is 7.79. The van der Waals surface area contributed by atoms with Crippen molar-refractivity contribution < 1.29 is 9.53 Å². The third-order valence-electron chi connectivity index (χ3n) is 1.93. The molecule has 1 aromatic carbocycles. The van der Waals surface area contributed by atoms with E-state index in [1.807, 2.05) is 29.6 Å². The summed E-state index contributed by atoms with van der Waals surface area (Å²) in [6.45, 7) is 0.747. The van der Waals surface area contributed by atoms with Crippen molar-refractivity contribution in [3.8, 4) is 11.3 Å². The third-order valence-corrected chi connectivity index (χ3v) is 2.43. The van der Waals surface area contributed by atoms with Gasteiger partial charge in [-0.2, -0.15) is 0 Å². The minimum atomic E-state index is 0.305. The van der Waals surface area contributed by atoms with Crippen LogP contribution in [0, 0.1) is 0 Å². The van der Waals surface area contributed by atoms with E-state index in [4.69, 9.17) is 0 Å². The van der Waals surface area contributed by atoms with E-state index < -0.39 is 0 Å². The first-order chi connectivity index (χ1) is 7.40. The van der Waals surface area contributed by atoms with E-state index >= 15 is 0 Å². The largest absolute Gasteiger partial charge is 0.463 e. The summed E-state index contributed by atoms with van der Waals surface area (Å²) in [7, 11) is 0. The summed E-state index contributed by atoms with van der Waals surface area (Å²) >= 11 is 1.32. The number of hydrogen-bond donors (Lipinski definition) is 0. The first kappa shape index (κ1) is 9.79. The highest BCUT2D eigenvalue weighted by Crippen LogP contribution is 2.18. The Balaban J connectivity index is 2.14. The average molecular weight is 220 g/mol. The number of benzene rings is 1. The quantitative estimate of drug-likeness (QED) is 0.738. The lowest BCUT2D eigenvalue weighted by molar-refractivity contribution is -0.129. The molecule has 1 aromatic heterocycles. The molecule has 0 saturated carbocycles. The zero-order chi connectivity index (χ0) is 10.5. The number of hydrogen-bond acceptors (Lipinski definition) is 5. The maximum atomic E-state index is 9.99. The van der Waals surface area contributed by atoms with E-state index in [9.17, 15) is 4.79 Å². The maximum Gasteiger partial charge on any atom is 0.293 e. The molecule has 0 N–H and O–H groups in total. The Kier molecular flexibility index (Phi) is 3.04. The Morgan fingerprint density at radius 1 is 1.33 bits per heavy atom. The summed E-state index contributed by atoms with van der Waals surface area (Å²) in [6.07, 6.45) is 0. The summed E-state index contributed by atoms with van der Waals surface area (Å²) in [5, 5.41) is 5.85. The predicted octanol–water partition coefficient (Wildman–Crippen LogP) is 1.88. The van der Waals surface area contributed by atoms with Gasteiger partial charge in [-0.15, -0.1) is 5.10 Å². The fraction of sp³-hybridized carbons (Fsp3) is 0.100. The second-order valence-electron chi connectivity index (χ2n) is 2.89. The lowest BCUT2D eigenvalue weighted by Gasteiger charge is -2.00. The number of ether oxygens (including phenoxy) is 1. The molecule has 0 unspecified atom stereocenters. The minimum Gasteiger partial charge on any atom is -0.463 e. The number of carbonyl (C=O) groups excluding carboxylic acids is 1. The fourth-order valence-corrected chi connectivity index (χ4v) is 1.66. The number of rotatable bonds is 4. The molecular formula is C10H8N2O2S. The van der Waals surface area contributed by atoms with Gasteiger partial charge in [-0.25, -0.2) is 0 Å². The van der Waals surface area contributed by atoms with E-state index in [1.165, 1.54) is 11.5 Å². The highest BCUT2D eigenvalue weighted by atomic mass is 32.1. The Labute approximate surface area is 90.7 Å². The lowest BCUT2D eigenvalue weighted by Crippen LogP contribution is -1.89. The van der Waals surface area contributed by atoms with Gasteiger partial charge >= 0.3 is 0 Å². The molecule has 0 radical (unpaired) electrons. The van der Waals surface area contributed by atoms with Crippen molar-refractivity contribution in [3.05, 3.63) is 35.2 Å². The fourth-order valence-electron chi connectivity index (χ4n) is 1.19. The molecule has 0 atom stereocenters. The molecule has 0 aliphatic carbocycles. The standard InChI is InChI=1S/C10H8N2O2S/c13-7-14-5-8-1-3-9(4-2-8)10-6-15-12-11-10/h1-4,6-7H,5H2. The van der Waals surface area contributed by atoms with Gasteiger partial charge < -0.3 is 4.74 Å². The highest BCUT2D eigenvalue weighted by Gasteiger charge is 2.00. The Bertz CT molecular complexity index is 425. The summed E-state index contributed by atoms with van der Waals surface area (Å²) in [5.74, 6) is 0. The average Bonchev–Trinajstić information content (AvgIpc) is 2.80. The molecule has 15 heavy (non-hydrogen) atoms. The van der Waals surface area contributed by atoms with Gasteiger partial charge in [-0.05, 0) is 17.1 Å². The predicted molar refractivity (Wildman–Crippen MR) is 56.2 cm³/mol. The summed E-state index contributed by atoms with van der Waals surface area (Å²) < 4.78 is 8.43. The maximum absolute atomic E-state index is 9.99. The second-order valence-corrected chi connectivity index (χ2v) is 3.50. The monoisotopic (exact) mass is 220 g/mol. The minimum absolute atomic E-state index is 0.305. The van der Waals surface area contributed by atoms with Gasteiger partial charge in [-0.1, -0.05) is 28.8 Å². The van der Waals surface area contributed by atoms with Crippen LogP contribution in [0.4, 0.5) is 0 Å². The van der Waals surface area contributed by atoms with Gasteiger partial charge in [-0.3, -0.25) is 4.79 Å². The summed E-state index contributed by atoms with van der Waals surface area (Å²) in [4.78, 5) is 9.99. The molecule has 2 aromatic rings. The SMILES string of the molecule is O=COCc1ccc(-c2csnn2)cc1. The van der Waals surface area contributed by atoms with Crippen molar-refractivity contribution in [3.63, 3.8) is 0 Å². The van der Waals surface area contributed by atoms with Crippen LogP contribution in [-0.4, -0.2) is 16.1 Å². The highest BCUT2D eigenvalue weighted by molar-refractivity contribution is 7.03. The molecule has 0 aliphatic heterocycles. The molecule has 5 heteroatoms. The first-order valence-corrected chi connectivity index (χ1v) is 5.15. The number of carbonyl (C=O) groups is 1. The van der Waals surface area contributed by atoms with Crippen LogP contribution in [0.2, 0.25) is 0 Å². The van der Waals surface area contributed by atoms with Crippen molar-refractivity contribution in [2.24, 2.45) is 0 Å². The molecule has 0 bridgehead atoms. The molecule has 1 heterocycles. The van der Waals surface area contributed by atoms with Gasteiger partial charge in [0.2, 0.25) is 0 Å². The molecule has 0 fully saturated rings. The molecule has 0 spiro atoms. The third kappa shape index (κ3) is 2.38. The normalized spacial score (nSPS) is 9.87. The molecule has 2 rings (SSSR count). The van der Waals surface area contributed by atoms with Crippen molar-refractivity contribution in [1.29, 1.82) is 0 Å². The summed E-state index contributed by atoms with van der Waals surface area (Å²) in [5.41, 5.74) is 2.83. The Morgan fingerprint density at radius 3 is 2.73 bits per heavy atom. The van der Waals surface area contributed by atoms with Crippen LogP contribution in [0.1, 0.15) is 5.56 Å². The second kappa shape index (κ2) is 4.65. The van der Waals surface area contributed by atoms with Gasteiger partial charge in [0.05, 0.1) is 0 Å². The first-order valence-electron chi connectivity index (χ1n) is 4.32. The number of nitrogens with zero attached hydrogens (tertiary/aromatic N) is 2. The van der Waals surface area contributed by atoms with Crippen LogP contribution >= 0.6 is 11.5 Å². The van der Waals surface area contributed by atoms with Crippen molar-refractivity contribution in [1.82, 2.24) is 9.59 Å². The van der Waals surface area contributed by atoms with Crippen molar-refractivity contribution in [2.45, 2.75) is 6.61 Å². The molecule has 0 saturated heterocycles. The zero-order valence-corrected chi connectivity index (χ0v) is 8.61. The van der Waals surface area contributed by atoms with Crippen LogP contribution < -0.4 is 0 Å². The van der Waals surface area contributed by atoms with Crippen molar-refractivity contribution in [2.75, 3.05) is 0 Å². The van der Waals surface area contributed by atoms with Gasteiger partial charge in [0, 0.05) is 10.9 Å². The van der Waals surface area contributed by atoms with E-state index in [-0.39, 0.29) is 0 Å². The van der Waals surface area contributed by atoms with Crippen LogP contribution in [0.3, 0.4) is 0 Å². The van der Waals surface area contributed by atoms with Crippen LogP contribution in [0.25, 0.3) is 11.3 Å².